The summed E-state index contributed by atoms with van der Waals surface area (Å²) in [6.07, 6.45) is 5.29. The minimum Gasteiger partial charge on any atom is -0.396 e. The lowest BCUT2D eigenvalue weighted by atomic mass is 10.0. The van der Waals surface area contributed by atoms with Gasteiger partial charge in [-0.2, -0.15) is 5.26 Å². The van der Waals surface area contributed by atoms with Crippen molar-refractivity contribution < 1.29 is 9.90 Å². The van der Waals surface area contributed by atoms with Crippen LogP contribution < -0.4 is 5.32 Å². The average Bonchev–Trinajstić information content (AvgIpc) is 3.09. The van der Waals surface area contributed by atoms with Crippen molar-refractivity contribution in [3.05, 3.63) is 71.6 Å². The Hall–Kier alpha value is -3.43. The fourth-order valence-electron chi connectivity index (χ4n) is 2.77. The lowest BCUT2D eigenvalue weighted by Gasteiger charge is -2.18. The summed E-state index contributed by atoms with van der Waals surface area (Å²) >= 11 is 0. The average molecular weight is 346 g/mol. The van der Waals surface area contributed by atoms with E-state index < -0.39 is 5.91 Å². The summed E-state index contributed by atoms with van der Waals surface area (Å²) in [5.41, 5.74) is 2.29. The zero-order valence-corrected chi connectivity index (χ0v) is 14.0. The van der Waals surface area contributed by atoms with E-state index in [4.69, 9.17) is 0 Å². The van der Waals surface area contributed by atoms with Gasteiger partial charge >= 0.3 is 0 Å². The third-order valence-electron chi connectivity index (χ3n) is 4.07. The molecule has 3 aromatic rings. The third kappa shape index (κ3) is 3.79. The highest BCUT2D eigenvalue weighted by Gasteiger charge is 2.17. The van der Waals surface area contributed by atoms with E-state index in [1.54, 1.807) is 18.5 Å². The lowest BCUT2D eigenvalue weighted by molar-refractivity contribution is -0.117. The molecule has 0 saturated heterocycles. The molecule has 3 N–H and O–H groups in total. The number of benzene rings is 1. The van der Waals surface area contributed by atoms with Gasteiger partial charge < -0.3 is 15.4 Å². The number of aromatic nitrogens is 2. The minimum absolute atomic E-state index is 0.00590. The standard InChI is InChI=1S/C20H18N4O2/c21-12-15(11-16-13-23-19-17(16)7-4-9-22-19)20(26)24-18(8-10-25)14-5-2-1-3-6-14/h1-7,9,11,13,18,25H,8,10H2,(H,22,23)(H,24,26)/b15-11+/t18-/m1/s1. The Morgan fingerprint density at radius 1 is 1.31 bits per heavy atom. The molecule has 0 fully saturated rings. The number of carbonyl (C=O) groups excluding carboxylic acids is 1. The van der Waals surface area contributed by atoms with Gasteiger partial charge in [-0.05, 0) is 30.2 Å². The number of nitrogens with one attached hydrogen (secondary N) is 2. The van der Waals surface area contributed by atoms with Crippen molar-refractivity contribution in [3.63, 3.8) is 0 Å². The van der Waals surface area contributed by atoms with E-state index in [1.165, 1.54) is 6.08 Å². The highest BCUT2D eigenvalue weighted by atomic mass is 16.3. The highest BCUT2D eigenvalue weighted by molar-refractivity contribution is 6.03. The minimum atomic E-state index is -0.479. The van der Waals surface area contributed by atoms with Crippen LogP contribution in [0.1, 0.15) is 23.6 Å². The Kier molecular flexibility index (Phi) is 5.42. The van der Waals surface area contributed by atoms with Crippen LogP contribution in [0.25, 0.3) is 17.1 Å². The largest absolute Gasteiger partial charge is 0.396 e. The maximum Gasteiger partial charge on any atom is 0.262 e. The van der Waals surface area contributed by atoms with Crippen molar-refractivity contribution in [2.75, 3.05) is 6.61 Å². The quantitative estimate of drug-likeness (QED) is 0.472. The van der Waals surface area contributed by atoms with Gasteiger partial charge in [-0.15, -0.1) is 0 Å². The second-order valence-electron chi connectivity index (χ2n) is 5.76. The number of pyridine rings is 1. The first kappa shape index (κ1) is 17.4. The van der Waals surface area contributed by atoms with Crippen LogP contribution in [0, 0.1) is 11.3 Å². The second kappa shape index (κ2) is 8.10. The summed E-state index contributed by atoms with van der Waals surface area (Å²) in [5, 5.41) is 22.4. The van der Waals surface area contributed by atoms with Crippen LogP contribution in [0.3, 0.4) is 0 Å². The first-order valence-corrected chi connectivity index (χ1v) is 8.23. The smallest absolute Gasteiger partial charge is 0.262 e. The molecule has 1 atom stereocenters. The number of amides is 1. The summed E-state index contributed by atoms with van der Waals surface area (Å²) in [4.78, 5) is 19.8. The fraction of sp³-hybridized carbons (Fsp3) is 0.150. The van der Waals surface area contributed by atoms with E-state index in [-0.39, 0.29) is 18.2 Å². The normalized spacial score (nSPS) is 12.5. The van der Waals surface area contributed by atoms with Crippen LogP contribution in [0.4, 0.5) is 0 Å². The molecule has 2 heterocycles. The van der Waals surface area contributed by atoms with Crippen LogP contribution in [0.15, 0.2) is 60.4 Å². The first-order chi connectivity index (χ1) is 12.7. The van der Waals surface area contributed by atoms with Gasteiger partial charge in [0.2, 0.25) is 0 Å². The van der Waals surface area contributed by atoms with E-state index in [1.807, 2.05) is 42.5 Å². The molecule has 0 bridgehead atoms. The van der Waals surface area contributed by atoms with E-state index in [0.717, 1.165) is 16.5 Å². The summed E-state index contributed by atoms with van der Waals surface area (Å²) in [6, 6.07) is 14.6. The molecule has 0 unspecified atom stereocenters. The molecule has 26 heavy (non-hydrogen) atoms. The SMILES string of the molecule is N#C/C(=C\c1c[nH]c2ncccc12)C(=O)N[C@H](CCO)c1ccccc1. The molecule has 3 rings (SSSR count). The number of rotatable bonds is 6. The van der Waals surface area contributed by atoms with Crippen molar-refractivity contribution >= 4 is 23.0 Å². The van der Waals surface area contributed by atoms with Gasteiger partial charge in [-0.1, -0.05) is 30.3 Å². The molecule has 0 spiro atoms. The highest BCUT2D eigenvalue weighted by Crippen LogP contribution is 2.20. The van der Waals surface area contributed by atoms with Crippen LogP contribution in [0.2, 0.25) is 0 Å². The third-order valence-corrected chi connectivity index (χ3v) is 4.07. The van der Waals surface area contributed by atoms with E-state index in [2.05, 4.69) is 15.3 Å². The van der Waals surface area contributed by atoms with Crippen LogP contribution in [0.5, 0.6) is 0 Å². The monoisotopic (exact) mass is 346 g/mol. The molecule has 6 nitrogen and oxygen atoms in total. The first-order valence-electron chi connectivity index (χ1n) is 8.23. The molecule has 0 aliphatic carbocycles. The lowest BCUT2D eigenvalue weighted by Crippen LogP contribution is -2.30. The van der Waals surface area contributed by atoms with Crippen molar-refractivity contribution in [1.82, 2.24) is 15.3 Å². The van der Waals surface area contributed by atoms with Crippen LogP contribution >= 0.6 is 0 Å². The molecule has 1 aromatic carbocycles. The predicted octanol–water partition coefficient (Wildman–Crippen LogP) is 2.71. The summed E-state index contributed by atoms with van der Waals surface area (Å²) < 4.78 is 0. The van der Waals surface area contributed by atoms with Crippen molar-refractivity contribution in [2.45, 2.75) is 12.5 Å². The number of nitriles is 1. The van der Waals surface area contributed by atoms with Gasteiger partial charge in [-0.25, -0.2) is 4.98 Å². The molecule has 0 radical (unpaired) electrons. The maximum absolute atomic E-state index is 12.6. The van der Waals surface area contributed by atoms with Crippen LogP contribution in [-0.4, -0.2) is 27.6 Å². The number of carbonyl (C=O) groups is 1. The Morgan fingerprint density at radius 2 is 2.12 bits per heavy atom. The maximum atomic E-state index is 12.6. The molecule has 2 aromatic heterocycles. The summed E-state index contributed by atoms with van der Waals surface area (Å²) in [6.45, 7) is -0.0699. The van der Waals surface area contributed by atoms with E-state index in [9.17, 15) is 15.2 Å². The fourth-order valence-corrected chi connectivity index (χ4v) is 2.77. The molecule has 130 valence electrons. The zero-order valence-electron chi connectivity index (χ0n) is 14.0. The number of aliphatic hydroxyl groups is 1. The molecule has 6 heteroatoms. The van der Waals surface area contributed by atoms with Crippen LogP contribution in [-0.2, 0) is 4.79 Å². The Labute approximate surface area is 150 Å². The topological polar surface area (TPSA) is 102 Å². The van der Waals surface area contributed by atoms with Gasteiger partial charge in [0.05, 0.1) is 6.04 Å². The molecular weight excluding hydrogens is 328 g/mol. The number of aliphatic hydroxyl groups excluding tert-OH is 1. The van der Waals surface area contributed by atoms with E-state index >= 15 is 0 Å². The van der Waals surface area contributed by atoms with E-state index in [0.29, 0.717) is 12.1 Å². The van der Waals surface area contributed by atoms with Gasteiger partial charge in [0, 0.05) is 30.0 Å². The molecule has 1 amide bonds. The predicted molar refractivity (Wildman–Crippen MR) is 98.7 cm³/mol. The molecule has 0 aliphatic rings. The van der Waals surface area contributed by atoms with Crippen molar-refractivity contribution in [1.29, 1.82) is 5.26 Å². The zero-order chi connectivity index (χ0) is 18.4. The Balaban J connectivity index is 1.85. The number of H-pyrrole nitrogens is 1. The van der Waals surface area contributed by atoms with Gasteiger partial charge in [0.25, 0.3) is 5.91 Å². The number of fused-ring (bicyclic) bond motifs is 1. The van der Waals surface area contributed by atoms with Gasteiger partial charge in [0.15, 0.2) is 0 Å². The molecule has 0 aliphatic heterocycles. The Morgan fingerprint density at radius 3 is 2.85 bits per heavy atom. The summed E-state index contributed by atoms with van der Waals surface area (Å²) in [7, 11) is 0. The van der Waals surface area contributed by atoms with Gasteiger partial charge in [0.1, 0.15) is 17.3 Å². The van der Waals surface area contributed by atoms with Gasteiger partial charge in [-0.3, -0.25) is 4.79 Å². The summed E-state index contributed by atoms with van der Waals surface area (Å²) in [5.74, 6) is -0.479. The number of aromatic amines is 1. The van der Waals surface area contributed by atoms with Crippen molar-refractivity contribution in [3.8, 4) is 6.07 Å². The number of hydrogen-bond donors (Lipinski definition) is 3. The molecular formula is C20H18N4O2. The number of nitrogens with zero attached hydrogens (tertiary/aromatic N) is 2. The Bertz CT molecular complexity index is 970. The number of hydrogen-bond acceptors (Lipinski definition) is 4. The second-order valence-corrected chi connectivity index (χ2v) is 5.76. The van der Waals surface area contributed by atoms with Crippen molar-refractivity contribution in [2.24, 2.45) is 0 Å². The molecule has 0 saturated carbocycles.